The Kier molecular flexibility index (Phi) is 7.51. The molecule has 8 heteroatoms. The molecule has 1 aromatic heterocycles. The van der Waals surface area contributed by atoms with Crippen molar-refractivity contribution < 1.29 is 8.42 Å². The molecule has 1 saturated heterocycles. The Bertz CT molecular complexity index is 600. The van der Waals surface area contributed by atoms with E-state index in [1.807, 2.05) is 0 Å². The number of hydrogen-bond donors (Lipinski definition) is 2. The van der Waals surface area contributed by atoms with E-state index in [2.05, 4.69) is 51.9 Å². The third kappa shape index (κ3) is 6.41. The van der Waals surface area contributed by atoms with Crippen LogP contribution >= 0.6 is 11.3 Å². The van der Waals surface area contributed by atoms with Gasteiger partial charge in [-0.15, -0.1) is 11.3 Å². The summed E-state index contributed by atoms with van der Waals surface area (Å²) in [6.07, 6.45) is 0. The summed E-state index contributed by atoms with van der Waals surface area (Å²) < 4.78 is 22.9. The van der Waals surface area contributed by atoms with E-state index in [-0.39, 0.29) is 11.5 Å². The Morgan fingerprint density at radius 1 is 1.38 bits per heavy atom. The molecule has 1 aliphatic heterocycles. The highest BCUT2D eigenvalue weighted by Crippen LogP contribution is 2.20. The summed E-state index contributed by atoms with van der Waals surface area (Å²) in [5, 5.41) is 8.70. The Hall–Kier alpha value is -1.12. The maximum Gasteiger partial charge on any atom is 0.191 e. The fourth-order valence-corrected chi connectivity index (χ4v) is 4.59. The second-order valence-corrected chi connectivity index (χ2v) is 9.34. The van der Waals surface area contributed by atoms with Gasteiger partial charge in [-0.25, -0.2) is 8.42 Å². The van der Waals surface area contributed by atoms with Crippen molar-refractivity contribution in [2.24, 2.45) is 4.99 Å². The van der Waals surface area contributed by atoms with Gasteiger partial charge in [0.15, 0.2) is 15.8 Å². The summed E-state index contributed by atoms with van der Waals surface area (Å²) in [6.45, 7) is 8.67. The number of hydrogen-bond acceptors (Lipinski definition) is 5. The van der Waals surface area contributed by atoms with Gasteiger partial charge in [0.1, 0.15) is 0 Å². The highest BCUT2D eigenvalue weighted by Gasteiger charge is 2.20. The third-order valence-electron chi connectivity index (χ3n) is 4.05. The van der Waals surface area contributed by atoms with Crippen LogP contribution in [0.5, 0.6) is 0 Å². The van der Waals surface area contributed by atoms with E-state index >= 15 is 0 Å². The van der Waals surface area contributed by atoms with Crippen molar-refractivity contribution in [1.82, 2.24) is 15.5 Å². The minimum atomic E-state index is -2.80. The fraction of sp³-hybridized carbons (Fsp3) is 0.688. The molecule has 2 N–H and O–H groups in total. The predicted octanol–water partition coefficient (Wildman–Crippen LogP) is 1.14. The molecule has 0 amide bonds. The highest BCUT2D eigenvalue weighted by atomic mass is 32.2. The highest BCUT2D eigenvalue weighted by molar-refractivity contribution is 7.91. The van der Waals surface area contributed by atoms with Crippen LogP contribution in [0.1, 0.15) is 24.6 Å². The average Bonchev–Trinajstić information content (AvgIpc) is 3.08. The molecule has 1 aliphatic rings. The molecular weight excluding hydrogens is 344 g/mol. The smallest absolute Gasteiger partial charge is 0.191 e. The Morgan fingerprint density at radius 3 is 2.75 bits per heavy atom. The molecule has 0 saturated carbocycles. The summed E-state index contributed by atoms with van der Waals surface area (Å²) in [5.74, 6) is 1.79. The van der Waals surface area contributed by atoms with Gasteiger partial charge < -0.3 is 10.6 Å². The van der Waals surface area contributed by atoms with Gasteiger partial charge in [0.25, 0.3) is 0 Å². The number of nitrogens with one attached hydrogen (secondary N) is 2. The van der Waals surface area contributed by atoms with E-state index in [0.29, 0.717) is 19.0 Å². The number of sulfone groups is 1. The van der Waals surface area contributed by atoms with Crippen LogP contribution in [-0.4, -0.2) is 70.1 Å². The fourth-order valence-electron chi connectivity index (χ4n) is 2.54. The maximum absolute atomic E-state index is 11.4. The molecule has 24 heavy (non-hydrogen) atoms. The van der Waals surface area contributed by atoms with Crippen LogP contribution in [0.3, 0.4) is 0 Å². The quantitative estimate of drug-likeness (QED) is 0.555. The Balaban J connectivity index is 1.75. The van der Waals surface area contributed by atoms with Gasteiger partial charge in [0.2, 0.25) is 0 Å². The molecule has 0 radical (unpaired) electrons. The monoisotopic (exact) mass is 372 g/mol. The van der Waals surface area contributed by atoms with Gasteiger partial charge in [-0.2, -0.15) is 0 Å². The van der Waals surface area contributed by atoms with E-state index in [4.69, 9.17) is 0 Å². The van der Waals surface area contributed by atoms with Gasteiger partial charge >= 0.3 is 0 Å². The number of guanidine groups is 1. The number of aliphatic imine (C=N–C) groups is 1. The lowest BCUT2D eigenvalue weighted by Gasteiger charge is -2.26. The zero-order chi connectivity index (χ0) is 17.4. The van der Waals surface area contributed by atoms with Crippen molar-refractivity contribution in [1.29, 1.82) is 0 Å². The molecule has 0 spiro atoms. The summed E-state index contributed by atoms with van der Waals surface area (Å²) in [6, 6.07) is 4.22. The van der Waals surface area contributed by atoms with Gasteiger partial charge in [-0.1, -0.05) is 13.0 Å². The van der Waals surface area contributed by atoms with E-state index in [1.54, 1.807) is 11.3 Å². The molecule has 136 valence electrons. The number of thiophene rings is 1. The van der Waals surface area contributed by atoms with Crippen molar-refractivity contribution in [3.63, 3.8) is 0 Å². The van der Waals surface area contributed by atoms with Crippen LogP contribution in [0.2, 0.25) is 0 Å². The van der Waals surface area contributed by atoms with Crippen molar-refractivity contribution >= 4 is 27.1 Å². The lowest BCUT2D eigenvalue weighted by molar-refractivity contribution is 0.299. The van der Waals surface area contributed by atoms with Gasteiger partial charge in [0.05, 0.1) is 18.1 Å². The van der Waals surface area contributed by atoms with Crippen molar-refractivity contribution in [2.75, 3.05) is 50.8 Å². The van der Waals surface area contributed by atoms with Crippen LogP contribution in [0.4, 0.5) is 0 Å². The lowest BCUT2D eigenvalue weighted by atomic mass is 10.1. The topological polar surface area (TPSA) is 73.8 Å². The first-order valence-corrected chi connectivity index (χ1v) is 11.2. The van der Waals surface area contributed by atoms with Crippen LogP contribution < -0.4 is 10.6 Å². The molecule has 1 fully saturated rings. The minimum Gasteiger partial charge on any atom is -0.357 e. The normalized spacial score (nSPS) is 19.8. The van der Waals surface area contributed by atoms with E-state index in [9.17, 15) is 8.42 Å². The van der Waals surface area contributed by atoms with Crippen molar-refractivity contribution in [3.05, 3.63) is 22.4 Å². The Labute approximate surface area is 149 Å². The minimum absolute atomic E-state index is 0.277. The molecule has 0 bridgehead atoms. The third-order valence-corrected chi connectivity index (χ3v) is 6.77. The average molecular weight is 373 g/mol. The van der Waals surface area contributed by atoms with Crippen LogP contribution in [0.15, 0.2) is 22.5 Å². The van der Waals surface area contributed by atoms with E-state index in [0.717, 1.165) is 32.1 Å². The molecule has 2 rings (SSSR count). The summed E-state index contributed by atoms with van der Waals surface area (Å²) in [7, 11) is -2.80. The second kappa shape index (κ2) is 9.39. The van der Waals surface area contributed by atoms with Gasteiger partial charge in [-0.3, -0.25) is 9.89 Å². The van der Waals surface area contributed by atoms with Crippen LogP contribution in [-0.2, 0) is 9.84 Å². The molecule has 6 nitrogen and oxygen atoms in total. The molecule has 2 heterocycles. The summed E-state index contributed by atoms with van der Waals surface area (Å²) in [4.78, 5) is 8.20. The van der Waals surface area contributed by atoms with Crippen LogP contribution in [0.25, 0.3) is 0 Å². The Morgan fingerprint density at radius 2 is 2.12 bits per heavy atom. The van der Waals surface area contributed by atoms with E-state index in [1.165, 1.54) is 4.88 Å². The van der Waals surface area contributed by atoms with Gasteiger partial charge in [-0.05, 0) is 18.4 Å². The summed E-state index contributed by atoms with van der Waals surface area (Å²) in [5.41, 5.74) is 0. The number of nitrogens with zero attached hydrogens (tertiary/aromatic N) is 2. The zero-order valence-corrected chi connectivity index (χ0v) is 16.1. The molecule has 1 atom stereocenters. The predicted molar refractivity (Wildman–Crippen MR) is 102 cm³/mol. The SMILES string of the molecule is CCNC(=NCC(C)c1cccs1)NCCN1CCS(=O)(=O)CC1. The molecule has 0 aliphatic carbocycles. The van der Waals surface area contributed by atoms with Crippen molar-refractivity contribution in [2.45, 2.75) is 19.8 Å². The number of rotatable bonds is 7. The van der Waals surface area contributed by atoms with Crippen LogP contribution in [0, 0.1) is 0 Å². The van der Waals surface area contributed by atoms with Gasteiger partial charge in [0, 0.05) is 43.5 Å². The first-order chi connectivity index (χ1) is 11.5. The summed E-state index contributed by atoms with van der Waals surface area (Å²) >= 11 is 1.77. The first-order valence-electron chi connectivity index (χ1n) is 8.48. The van der Waals surface area contributed by atoms with E-state index < -0.39 is 9.84 Å². The largest absolute Gasteiger partial charge is 0.357 e. The molecule has 1 unspecified atom stereocenters. The standard InChI is InChI=1S/C16H28N4O2S2/c1-3-17-16(19-13-14(2)15-5-4-10-23-15)18-6-7-20-8-11-24(21,22)12-9-20/h4-5,10,14H,3,6-9,11-13H2,1-2H3,(H2,17,18,19). The second-order valence-electron chi connectivity index (χ2n) is 6.06. The molecule has 0 aromatic carbocycles. The first kappa shape index (κ1) is 19.2. The van der Waals surface area contributed by atoms with Crippen molar-refractivity contribution in [3.8, 4) is 0 Å². The molecule has 1 aromatic rings. The zero-order valence-electron chi connectivity index (χ0n) is 14.5. The lowest BCUT2D eigenvalue weighted by Crippen LogP contribution is -2.46. The maximum atomic E-state index is 11.4. The molecular formula is C16H28N4O2S2.